The summed E-state index contributed by atoms with van der Waals surface area (Å²) in [7, 11) is 3.01. The van der Waals surface area contributed by atoms with Crippen LogP contribution in [0, 0.1) is 11.8 Å². The maximum absolute atomic E-state index is 12.5. The molecule has 0 aliphatic carbocycles. The van der Waals surface area contributed by atoms with Crippen LogP contribution in [-0.2, 0) is 22.1 Å². The third kappa shape index (κ3) is 5.96. The van der Waals surface area contributed by atoms with E-state index in [1.54, 1.807) is 18.2 Å². The Morgan fingerprint density at radius 2 is 1.67 bits per heavy atom. The van der Waals surface area contributed by atoms with E-state index < -0.39 is 17.7 Å². The highest BCUT2D eigenvalue weighted by atomic mass is 19.4. The van der Waals surface area contributed by atoms with Crippen molar-refractivity contribution >= 4 is 5.97 Å². The van der Waals surface area contributed by atoms with E-state index in [-0.39, 0.29) is 13.0 Å². The third-order valence-electron chi connectivity index (χ3n) is 3.55. The van der Waals surface area contributed by atoms with E-state index in [0.717, 1.165) is 12.1 Å². The summed E-state index contributed by atoms with van der Waals surface area (Å²) in [5.74, 6) is 5.82. The molecular formula is C20H17F3O4. The van der Waals surface area contributed by atoms with Crippen molar-refractivity contribution in [3.8, 4) is 23.3 Å². The summed E-state index contributed by atoms with van der Waals surface area (Å²) >= 11 is 0. The summed E-state index contributed by atoms with van der Waals surface area (Å²) in [6.45, 7) is -0.160. The number of hydrogen-bond acceptors (Lipinski definition) is 4. The van der Waals surface area contributed by atoms with Crippen molar-refractivity contribution in [2.45, 2.75) is 12.6 Å². The quantitative estimate of drug-likeness (QED) is 0.586. The van der Waals surface area contributed by atoms with E-state index in [0.29, 0.717) is 22.6 Å². The predicted octanol–water partition coefficient (Wildman–Crippen LogP) is 3.86. The number of hydrogen-bond donors (Lipinski definition) is 0. The summed E-state index contributed by atoms with van der Waals surface area (Å²) < 4.78 is 52.7. The lowest BCUT2D eigenvalue weighted by Crippen LogP contribution is -2.08. The molecule has 4 nitrogen and oxygen atoms in total. The van der Waals surface area contributed by atoms with Gasteiger partial charge in [-0.25, -0.2) is 0 Å². The van der Waals surface area contributed by atoms with Gasteiger partial charge in [0.2, 0.25) is 0 Å². The van der Waals surface area contributed by atoms with Gasteiger partial charge in [0, 0.05) is 5.56 Å². The van der Waals surface area contributed by atoms with E-state index >= 15 is 0 Å². The molecular weight excluding hydrogens is 361 g/mol. The monoisotopic (exact) mass is 378 g/mol. The van der Waals surface area contributed by atoms with Crippen LogP contribution in [0.15, 0.2) is 42.5 Å². The third-order valence-corrected chi connectivity index (χ3v) is 3.55. The minimum absolute atomic E-state index is 0.0301. The van der Waals surface area contributed by atoms with Crippen LogP contribution >= 0.6 is 0 Å². The fourth-order valence-corrected chi connectivity index (χ4v) is 2.21. The van der Waals surface area contributed by atoms with Crippen molar-refractivity contribution < 1.29 is 32.2 Å². The average molecular weight is 378 g/mol. The number of rotatable bonds is 5. The molecule has 0 spiro atoms. The molecule has 0 bridgehead atoms. The first kappa shape index (κ1) is 20.2. The Kier molecular flexibility index (Phi) is 6.72. The molecule has 27 heavy (non-hydrogen) atoms. The molecule has 0 unspecified atom stereocenters. The van der Waals surface area contributed by atoms with Gasteiger partial charge < -0.3 is 14.2 Å². The first-order valence-electron chi connectivity index (χ1n) is 7.86. The smallest absolute Gasteiger partial charge is 0.416 e. The lowest BCUT2D eigenvalue weighted by molar-refractivity contribution is -0.141. The Morgan fingerprint density at radius 3 is 2.26 bits per heavy atom. The molecule has 0 aliphatic rings. The summed E-state index contributed by atoms with van der Waals surface area (Å²) in [6.07, 6.45) is -4.35. The number of alkyl halides is 3. The Morgan fingerprint density at radius 1 is 1.00 bits per heavy atom. The molecule has 0 aliphatic heterocycles. The number of esters is 1. The molecule has 0 saturated carbocycles. The zero-order chi connectivity index (χ0) is 19.9. The molecule has 0 N–H and O–H groups in total. The Labute approximate surface area is 154 Å². The number of carbonyl (C=O) groups excluding carboxylic acids is 1. The molecule has 2 rings (SSSR count). The highest BCUT2D eigenvalue weighted by Crippen LogP contribution is 2.29. The van der Waals surface area contributed by atoms with Crippen LogP contribution in [0.4, 0.5) is 13.2 Å². The molecule has 0 saturated heterocycles. The summed E-state index contributed by atoms with van der Waals surface area (Å²) in [5.41, 5.74) is 0.349. The van der Waals surface area contributed by atoms with Crippen LogP contribution in [0.5, 0.6) is 11.5 Å². The minimum atomic E-state index is -4.38. The molecule has 2 aromatic carbocycles. The van der Waals surface area contributed by atoms with Gasteiger partial charge in [-0.2, -0.15) is 13.2 Å². The van der Waals surface area contributed by atoms with Crippen LogP contribution < -0.4 is 9.47 Å². The summed E-state index contributed by atoms with van der Waals surface area (Å²) in [5, 5.41) is 0. The van der Waals surface area contributed by atoms with Gasteiger partial charge in [-0.15, -0.1) is 0 Å². The topological polar surface area (TPSA) is 44.8 Å². The van der Waals surface area contributed by atoms with Crippen LogP contribution in [0.25, 0.3) is 0 Å². The molecule has 0 atom stereocenters. The van der Waals surface area contributed by atoms with Crippen LogP contribution in [0.3, 0.4) is 0 Å². The lowest BCUT2D eigenvalue weighted by atomic mass is 10.1. The average Bonchev–Trinajstić information content (AvgIpc) is 2.64. The molecule has 7 heteroatoms. The zero-order valence-corrected chi connectivity index (χ0v) is 14.7. The Bertz CT molecular complexity index is 846. The molecule has 0 radical (unpaired) electrons. The van der Waals surface area contributed by atoms with E-state index in [9.17, 15) is 18.0 Å². The number of benzene rings is 2. The van der Waals surface area contributed by atoms with Crippen molar-refractivity contribution in [1.29, 1.82) is 0 Å². The highest BCUT2D eigenvalue weighted by molar-refractivity contribution is 5.73. The van der Waals surface area contributed by atoms with Gasteiger partial charge in [0.1, 0.15) is 0 Å². The maximum Gasteiger partial charge on any atom is 0.416 e. The fourth-order valence-electron chi connectivity index (χ4n) is 2.21. The predicted molar refractivity (Wildman–Crippen MR) is 92.5 cm³/mol. The van der Waals surface area contributed by atoms with E-state index in [4.69, 9.17) is 14.2 Å². The Balaban J connectivity index is 1.87. The molecule has 0 heterocycles. The normalized spacial score (nSPS) is 10.6. The molecule has 142 valence electrons. The van der Waals surface area contributed by atoms with Gasteiger partial charge >= 0.3 is 12.1 Å². The van der Waals surface area contributed by atoms with Crippen molar-refractivity contribution in [2.24, 2.45) is 0 Å². The van der Waals surface area contributed by atoms with Crippen LogP contribution in [0.1, 0.15) is 16.7 Å². The maximum atomic E-state index is 12.5. The van der Waals surface area contributed by atoms with E-state index in [1.165, 1.54) is 26.4 Å². The van der Waals surface area contributed by atoms with Gasteiger partial charge in [0.05, 0.1) is 26.2 Å². The molecule has 0 aromatic heterocycles. The fraction of sp³-hybridized carbons (Fsp3) is 0.250. The first-order chi connectivity index (χ1) is 12.8. The second-order valence-corrected chi connectivity index (χ2v) is 5.40. The first-order valence-corrected chi connectivity index (χ1v) is 7.86. The molecule has 0 fully saturated rings. The Hall–Kier alpha value is -3.14. The lowest BCUT2D eigenvalue weighted by Gasteiger charge is -2.09. The largest absolute Gasteiger partial charge is 0.493 e. The number of halogens is 3. The second kappa shape index (κ2) is 8.99. The van der Waals surface area contributed by atoms with Gasteiger partial charge in [0.15, 0.2) is 18.1 Å². The SMILES string of the molecule is COc1ccc(CC(=O)OCC#Cc2ccc(C(F)(F)F)cc2)cc1OC. The van der Waals surface area contributed by atoms with Crippen LogP contribution in [0.2, 0.25) is 0 Å². The number of methoxy groups -OCH3 is 2. The van der Waals surface area contributed by atoms with Gasteiger partial charge in [-0.3, -0.25) is 4.79 Å². The zero-order valence-electron chi connectivity index (χ0n) is 14.7. The summed E-state index contributed by atoms with van der Waals surface area (Å²) in [4.78, 5) is 11.8. The van der Waals surface area contributed by atoms with Gasteiger partial charge in [-0.1, -0.05) is 17.9 Å². The van der Waals surface area contributed by atoms with Crippen molar-refractivity contribution in [2.75, 3.05) is 20.8 Å². The number of ether oxygens (including phenoxy) is 3. The van der Waals surface area contributed by atoms with Gasteiger partial charge in [-0.05, 0) is 42.0 Å². The van der Waals surface area contributed by atoms with Crippen LogP contribution in [-0.4, -0.2) is 26.8 Å². The van der Waals surface area contributed by atoms with Crippen molar-refractivity contribution in [3.63, 3.8) is 0 Å². The van der Waals surface area contributed by atoms with E-state index in [1.807, 2.05) is 0 Å². The minimum Gasteiger partial charge on any atom is -0.493 e. The van der Waals surface area contributed by atoms with Crippen molar-refractivity contribution in [1.82, 2.24) is 0 Å². The van der Waals surface area contributed by atoms with Crippen molar-refractivity contribution in [3.05, 3.63) is 59.2 Å². The summed E-state index contributed by atoms with van der Waals surface area (Å²) in [6, 6.07) is 9.51. The van der Waals surface area contributed by atoms with Gasteiger partial charge in [0.25, 0.3) is 0 Å². The highest BCUT2D eigenvalue weighted by Gasteiger charge is 2.29. The molecule has 0 amide bonds. The standard InChI is InChI=1S/C20H17F3O4/c1-25-17-10-7-15(12-18(17)26-2)13-19(24)27-11-3-4-14-5-8-16(9-6-14)20(21,22)23/h5-10,12H,11,13H2,1-2H3. The number of carbonyl (C=O) groups is 1. The van der Waals surface area contributed by atoms with E-state index in [2.05, 4.69) is 11.8 Å². The molecule has 2 aromatic rings. The second-order valence-electron chi connectivity index (χ2n) is 5.40.